The van der Waals surface area contributed by atoms with E-state index >= 15 is 0 Å². The van der Waals surface area contributed by atoms with Crippen molar-refractivity contribution in [3.63, 3.8) is 0 Å². The van der Waals surface area contributed by atoms with E-state index in [0.29, 0.717) is 11.2 Å². The summed E-state index contributed by atoms with van der Waals surface area (Å²) >= 11 is 0. The molecule has 1 amide bonds. The van der Waals surface area contributed by atoms with Gasteiger partial charge in [0.1, 0.15) is 24.2 Å². The highest BCUT2D eigenvalue weighted by Gasteiger charge is 2.31. The summed E-state index contributed by atoms with van der Waals surface area (Å²) in [6.07, 6.45) is -1.60. The molecular weight excluding hydrogens is 407 g/mol. The first-order valence-electron chi connectivity index (χ1n) is 8.10. The van der Waals surface area contributed by atoms with Gasteiger partial charge in [0, 0.05) is 5.39 Å². The second-order valence-corrected chi connectivity index (χ2v) is 5.64. The summed E-state index contributed by atoms with van der Waals surface area (Å²) in [6.45, 7) is -0.250. The van der Waals surface area contributed by atoms with Crippen LogP contribution in [0.15, 0.2) is 49.1 Å². The van der Waals surface area contributed by atoms with Crippen LogP contribution in [-0.2, 0) is 11.0 Å². The van der Waals surface area contributed by atoms with Gasteiger partial charge >= 0.3 is 6.18 Å². The molecule has 3 N–H and O–H groups in total. The summed E-state index contributed by atoms with van der Waals surface area (Å²) in [6, 6.07) is 7.91. The van der Waals surface area contributed by atoms with Gasteiger partial charge in [-0.05, 0) is 30.3 Å². The topological polar surface area (TPSA) is 139 Å². The number of hydrogen-bond acceptors (Lipinski definition) is 6. The first-order chi connectivity index (χ1) is 14.3. The quantitative estimate of drug-likeness (QED) is 0.434. The molecule has 0 saturated carbocycles. The molecule has 4 aromatic rings. The number of nitrogens with one attached hydrogen (secondary N) is 2. The number of alkyl halides is 3. The summed E-state index contributed by atoms with van der Waals surface area (Å²) < 4.78 is 39.9. The molecule has 3 heterocycles. The van der Waals surface area contributed by atoms with E-state index in [1.165, 1.54) is 29.4 Å². The van der Waals surface area contributed by atoms with Crippen LogP contribution >= 0.6 is 0 Å². The van der Waals surface area contributed by atoms with Crippen LogP contribution in [0.25, 0.3) is 16.7 Å². The number of benzene rings is 1. The van der Waals surface area contributed by atoms with Gasteiger partial charge in [0.05, 0.1) is 11.1 Å². The average molecular weight is 419 g/mol. The number of amides is 1. The lowest BCUT2D eigenvalue weighted by molar-refractivity contribution is -0.137. The van der Waals surface area contributed by atoms with Gasteiger partial charge in [-0.3, -0.25) is 19.3 Å². The van der Waals surface area contributed by atoms with Crippen LogP contribution in [0.1, 0.15) is 16.1 Å². The van der Waals surface area contributed by atoms with E-state index in [0.717, 1.165) is 12.1 Å². The Labute approximate surface area is 165 Å². The largest absolute Gasteiger partial charge is 0.483 e. The normalized spacial score (nSPS) is 10.9. The van der Waals surface area contributed by atoms with E-state index < -0.39 is 17.6 Å². The molecule has 0 aliphatic carbocycles. The minimum Gasteiger partial charge on any atom is -0.483 e. The highest BCUT2D eigenvalue weighted by Crippen LogP contribution is 2.32. The summed E-state index contributed by atoms with van der Waals surface area (Å²) in [7, 11) is 0. The number of halogens is 3. The van der Waals surface area contributed by atoms with Crippen LogP contribution in [0.3, 0.4) is 0 Å². The molecule has 0 fully saturated rings. The molecule has 0 spiro atoms. The number of fused-ring (bicyclic) bond motifs is 1. The minimum atomic E-state index is -4.46. The highest BCUT2D eigenvalue weighted by molar-refractivity contribution is 6.06. The van der Waals surface area contributed by atoms with E-state index in [1.54, 1.807) is 12.1 Å². The Hall–Kier alpha value is -4.29. The van der Waals surface area contributed by atoms with Crippen LogP contribution in [0.2, 0.25) is 0 Å². The van der Waals surface area contributed by atoms with Gasteiger partial charge in [0.2, 0.25) is 0 Å². The zero-order valence-corrected chi connectivity index (χ0v) is 14.8. The van der Waals surface area contributed by atoms with Crippen LogP contribution in [0.4, 0.5) is 19.0 Å². The van der Waals surface area contributed by atoms with E-state index in [-0.39, 0.29) is 23.5 Å². The lowest BCUT2D eigenvalue weighted by atomic mass is 10.1. The maximum atomic E-state index is 12.8. The Balaban J connectivity index is 0.000000806. The molecule has 10 nitrogen and oxygen atoms in total. The lowest BCUT2D eigenvalue weighted by Gasteiger charge is -2.06. The number of hydrogen-bond donors (Lipinski definition) is 3. The molecule has 0 unspecified atom stereocenters. The third kappa shape index (κ3) is 4.40. The summed E-state index contributed by atoms with van der Waals surface area (Å²) in [5.41, 5.74) is -0.546. The predicted octanol–water partition coefficient (Wildman–Crippen LogP) is 2.51. The Morgan fingerprint density at radius 2 is 1.87 bits per heavy atom. The maximum Gasteiger partial charge on any atom is 0.416 e. The van der Waals surface area contributed by atoms with Crippen molar-refractivity contribution < 1.29 is 27.9 Å². The van der Waals surface area contributed by atoms with Crippen LogP contribution in [-0.4, -0.2) is 47.4 Å². The first kappa shape index (κ1) is 20.4. The molecule has 0 atom stereocenters. The molecule has 0 saturated heterocycles. The first-order valence-corrected chi connectivity index (χ1v) is 8.10. The van der Waals surface area contributed by atoms with Crippen LogP contribution in [0.5, 0.6) is 0 Å². The van der Waals surface area contributed by atoms with Crippen molar-refractivity contribution in [2.24, 2.45) is 0 Å². The molecule has 30 heavy (non-hydrogen) atoms. The lowest BCUT2D eigenvalue weighted by Crippen LogP contribution is -2.15. The molecule has 0 bridgehead atoms. The summed E-state index contributed by atoms with van der Waals surface area (Å²) in [4.78, 5) is 25.0. The molecule has 0 radical (unpaired) electrons. The fourth-order valence-electron chi connectivity index (χ4n) is 2.48. The number of aromatic amines is 1. The second-order valence-electron chi connectivity index (χ2n) is 5.64. The van der Waals surface area contributed by atoms with Crippen molar-refractivity contribution in [1.29, 1.82) is 0 Å². The number of aromatic nitrogens is 6. The molecule has 0 aliphatic rings. The Morgan fingerprint density at radius 3 is 2.53 bits per heavy atom. The van der Waals surface area contributed by atoms with Gasteiger partial charge in [-0.1, -0.05) is 6.07 Å². The molecular formula is C17H12F3N7O3. The number of H-pyrrole nitrogens is 1. The maximum absolute atomic E-state index is 12.8. The predicted molar refractivity (Wildman–Crippen MR) is 96.9 cm³/mol. The number of carboxylic acid groups (broad SMARTS) is 1. The fourth-order valence-corrected chi connectivity index (χ4v) is 2.48. The molecule has 13 heteroatoms. The van der Waals surface area contributed by atoms with Crippen molar-refractivity contribution in [3.8, 4) is 5.82 Å². The van der Waals surface area contributed by atoms with Gasteiger partial charge in [0.15, 0.2) is 5.82 Å². The van der Waals surface area contributed by atoms with Gasteiger partial charge in [-0.25, -0.2) is 4.98 Å². The third-order valence-corrected chi connectivity index (χ3v) is 3.77. The molecule has 0 aliphatic heterocycles. The van der Waals surface area contributed by atoms with Crippen molar-refractivity contribution in [2.75, 3.05) is 5.32 Å². The monoisotopic (exact) mass is 419 g/mol. The SMILES string of the molecule is O=C(Nc1n[nH]c2cc(C(F)(F)F)ccc12)c1cccc(-n2cnnc2)n1.O=CO. The zero-order chi connectivity index (χ0) is 21.7. The smallest absolute Gasteiger partial charge is 0.416 e. The second kappa shape index (κ2) is 8.38. The number of nitrogens with zero attached hydrogens (tertiary/aromatic N) is 5. The van der Waals surface area contributed by atoms with E-state index in [4.69, 9.17) is 9.90 Å². The van der Waals surface area contributed by atoms with Gasteiger partial charge in [0.25, 0.3) is 12.4 Å². The van der Waals surface area contributed by atoms with E-state index in [2.05, 4.69) is 30.7 Å². The van der Waals surface area contributed by atoms with Crippen molar-refractivity contribution in [2.45, 2.75) is 6.18 Å². The van der Waals surface area contributed by atoms with Gasteiger partial charge < -0.3 is 10.4 Å². The van der Waals surface area contributed by atoms with Crippen molar-refractivity contribution in [1.82, 2.24) is 29.9 Å². The molecule has 3 aromatic heterocycles. The van der Waals surface area contributed by atoms with Gasteiger partial charge in [-0.2, -0.15) is 18.3 Å². The number of anilines is 1. The van der Waals surface area contributed by atoms with Gasteiger partial charge in [-0.15, -0.1) is 10.2 Å². The van der Waals surface area contributed by atoms with Crippen molar-refractivity contribution in [3.05, 3.63) is 60.3 Å². The van der Waals surface area contributed by atoms with E-state index in [9.17, 15) is 18.0 Å². The number of carbonyl (C=O) groups excluding carboxylic acids is 1. The number of rotatable bonds is 3. The third-order valence-electron chi connectivity index (χ3n) is 3.77. The van der Waals surface area contributed by atoms with E-state index in [1.807, 2.05) is 0 Å². The molecule has 4 rings (SSSR count). The molecule has 154 valence electrons. The minimum absolute atomic E-state index is 0.101. The molecule has 1 aromatic carbocycles. The van der Waals surface area contributed by atoms with Crippen LogP contribution < -0.4 is 5.32 Å². The van der Waals surface area contributed by atoms with Crippen molar-refractivity contribution >= 4 is 29.1 Å². The Kier molecular flexibility index (Phi) is 5.71. The standard InChI is InChI=1S/C16H10F3N7O.CH2O2/c17-16(18,19)9-4-5-10-12(6-9)24-25-14(10)23-15(27)11-2-1-3-13(22-11)26-7-20-21-8-26;2-1-3/h1-8H,(H2,23,24,25,27);1H,(H,2,3). The highest BCUT2D eigenvalue weighted by atomic mass is 19.4. The van der Waals surface area contributed by atoms with Crippen LogP contribution in [0, 0.1) is 0 Å². The summed E-state index contributed by atoms with van der Waals surface area (Å²) in [5, 5.41) is 23.5. The fraction of sp³-hybridized carbons (Fsp3) is 0.0588. The Morgan fingerprint density at radius 1 is 1.17 bits per heavy atom. The zero-order valence-electron chi connectivity index (χ0n) is 14.8. The Bertz CT molecular complexity index is 1170. The number of pyridine rings is 1. The number of carbonyl (C=O) groups is 2. The average Bonchev–Trinajstić information content (AvgIpc) is 3.38. The summed E-state index contributed by atoms with van der Waals surface area (Å²) in [5.74, 6) is -0.00666.